The molecule has 1 aliphatic rings. The smallest absolute Gasteiger partial charge is 0.238 e. The lowest BCUT2D eigenvalue weighted by Crippen LogP contribution is -2.48. The first-order valence-electron chi connectivity index (χ1n) is 8.03. The molecule has 0 radical (unpaired) electrons. The van der Waals surface area contributed by atoms with Crippen LogP contribution in [0.1, 0.15) is 30.9 Å². The van der Waals surface area contributed by atoms with Gasteiger partial charge in [-0.2, -0.15) is 0 Å². The summed E-state index contributed by atoms with van der Waals surface area (Å²) in [5.41, 5.74) is 2.63. The first-order chi connectivity index (χ1) is 10.8. The second-order valence-corrected chi connectivity index (χ2v) is 8.82. The van der Waals surface area contributed by atoms with Gasteiger partial charge in [-0.3, -0.25) is 9.69 Å². The van der Waals surface area contributed by atoms with Gasteiger partial charge < -0.3 is 5.32 Å². The number of sulfone groups is 1. The van der Waals surface area contributed by atoms with Crippen LogP contribution < -0.4 is 5.32 Å². The molecule has 1 saturated heterocycles. The average Bonchev–Trinajstić information content (AvgIpc) is 2.49. The highest BCUT2D eigenvalue weighted by Gasteiger charge is 2.27. The van der Waals surface area contributed by atoms with Gasteiger partial charge in [0.05, 0.1) is 0 Å². The highest BCUT2D eigenvalue weighted by atomic mass is 32.2. The summed E-state index contributed by atoms with van der Waals surface area (Å²) < 4.78 is 22.9. The maximum atomic E-state index is 12.0. The first kappa shape index (κ1) is 17.9. The third kappa shape index (κ3) is 5.04. The third-order valence-corrected chi connectivity index (χ3v) is 6.10. The van der Waals surface area contributed by atoms with Crippen LogP contribution in [0.4, 0.5) is 0 Å². The summed E-state index contributed by atoms with van der Waals surface area (Å²) in [4.78, 5) is 14.4. The maximum Gasteiger partial charge on any atom is 0.238 e. The zero-order valence-corrected chi connectivity index (χ0v) is 14.9. The number of carbonyl (C=O) groups is 1. The van der Waals surface area contributed by atoms with Crippen LogP contribution in [0.15, 0.2) is 24.3 Å². The largest absolute Gasteiger partial charge is 0.352 e. The van der Waals surface area contributed by atoms with E-state index in [1.807, 2.05) is 6.07 Å². The van der Waals surface area contributed by atoms with Gasteiger partial charge in [-0.25, -0.2) is 8.42 Å². The minimum Gasteiger partial charge on any atom is -0.352 e. The van der Waals surface area contributed by atoms with E-state index in [1.165, 1.54) is 18.1 Å². The topological polar surface area (TPSA) is 66.5 Å². The number of nitrogens with zero attached hydrogens (tertiary/aromatic N) is 1. The molecule has 0 aromatic heterocycles. The van der Waals surface area contributed by atoms with Crippen LogP contribution in [0.3, 0.4) is 0 Å². The normalized spacial score (nSPS) is 18.6. The Bertz CT molecular complexity index is 650. The molecule has 1 amide bonds. The molecular formula is C17H26N2O3S. The molecule has 6 heteroatoms. The number of amides is 1. The predicted octanol–water partition coefficient (Wildman–Crippen LogP) is 1.51. The van der Waals surface area contributed by atoms with E-state index in [2.05, 4.69) is 35.3 Å². The van der Waals surface area contributed by atoms with Crippen LogP contribution in [-0.4, -0.2) is 49.9 Å². The lowest BCUT2D eigenvalue weighted by molar-refractivity contribution is -0.121. The quantitative estimate of drug-likeness (QED) is 0.884. The van der Waals surface area contributed by atoms with E-state index < -0.39 is 15.1 Å². The van der Waals surface area contributed by atoms with Crippen LogP contribution >= 0.6 is 0 Å². The van der Waals surface area contributed by atoms with E-state index in [-0.39, 0.29) is 11.9 Å². The fraction of sp³-hybridized carbons (Fsp3) is 0.588. The summed E-state index contributed by atoms with van der Waals surface area (Å²) in [6.45, 7) is 6.30. The Labute approximate surface area is 139 Å². The third-order valence-electron chi connectivity index (χ3n) is 4.60. The molecule has 1 aromatic rings. The zero-order chi connectivity index (χ0) is 17.0. The Kier molecular flexibility index (Phi) is 5.81. The number of hydrogen-bond acceptors (Lipinski definition) is 4. The van der Waals surface area contributed by atoms with Gasteiger partial charge in [-0.05, 0) is 37.8 Å². The van der Waals surface area contributed by atoms with Crippen LogP contribution in [0, 0.1) is 6.92 Å². The standard InChI is InChI=1S/C17H26N2O3S/c1-13-6-4-5-7-15(13)12-19-10-8-16(9-11-19)18-17(20)14(2)23(3,21)22/h4-7,14,16H,8-12H2,1-3H3,(H,18,20). The molecule has 1 atom stereocenters. The van der Waals surface area contributed by atoms with Gasteiger partial charge in [0.25, 0.3) is 0 Å². The Morgan fingerprint density at radius 2 is 1.91 bits per heavy atom. The van der Waals surface area contributed by atoms with Crippen molar-refractivity contribution in [1.82, 2.24) is 10.2 Å². The lowest BCUT2D eigenvalue weighted by Gasteiger charge is -2.33. The van der Waals surface area contributed by atoms with Crippen molar-refractivity contribution in [3.05, 3.63) is 35.4 Å². The number of hydrogen-bond donors (Lipinski definition) is 1. The Morgan fingerprint density at radius 1 is 1.30 bits per heavy atom. The van der Waals surface area contributed by atoms with Crippen LogP contribution in [0.25, 0.3) is 0 Å². The highest BCUT2D eigenvalue weighted by molar-refractivity contribution is 7.92. The SMILES string of the molecule is Cc1ccccc1CN1CCC(NC(=O)C(C)S(C)(=O)=O)CC1. The molecule has 0 spiro atoms. The van der Waals surface area contributed by atoms with Gasteiger partial charge in [-0.15, -0.1) is 0 Å². The molecule has 1 fully saturated rings. The number of piperidine rings is 1. The maximum absolute atomic E-state index is 12.0. The van der Waals surface area contributed by atoms with Crippen molar-refractivity contribution >= 4 is 15.7 Å². The van der Waals surface area contributed by atoms with E-state index in [0.29, 0.717) is 0 Å². The molecule has 2 rings (SSSR count). The van der Waals surface area contributed by atoms with Gasteiger partial charge in [0.2, 0.25) is 5.91 Å². The Hall–Kier alpha value is -1.40. The fourth-order valence-corrected chi connectivity index (χ4v) is 3.23. The molecule has 1 N–H and O–H groups in total. The number of rotatable bonds is 5. The number of nitrogens with one attached hydrogen (secondary N) is 1. The summed E-state index contributed by atoms with van der Waals surface area (Å²) in [5, 5.41) is 1.90. The molecule has 1 aromatic carbocycles. The molecule has 1 aliphatic heterocycles. The van der Waals surface area contributed by atoms with Gasteiger partial charge in [0.15, 0.2) is 9.84 Å². The van der Waals surface area contributed by atoms with E-state index in [4.69, 9.17) is 0 Å². The second-order valence-electron chi connectivity index (χ2n) is 6.46. The summed E-state index contributed by atoms with van der Waals surface area (Å²) in [5.74, 6) is -0.384. The summed E-state index contributed by atoms with van der Waals surface area (Å²) >= 11 is 0. The lowest BCUT2D eigenvalue weighted by atomic mass is 10.0. The molecule has 0 saturated carbocycles. The van der Waals surface area contributed by atoms with E-state index in [9.17, 15) is 13.2 Å². The van der Waals surface area contributed by atoms with Crippen molar-refractivity contribution < 1.29 is 13.2 Å². The number of carbonyl (C=O) groups excluding carboxylic acids is 1. The van der Waals surface area contributed by atoms with Gasteiger partial charge in [0, 0.05) is 31.9 Å². The van der Waals surface area contributed by atoms with E-state index in [1.54, 1.807) is 0 Å². The van der Waals surface area contributed by atoms with Crippen molar-refractivity contribution in [2.75, 3.05) is 19.3 Å². The Balaban J connectivity index is 1.82. The van der Waals surface area contributed by atoms with Crippen molar-refractivity contribution in [1.29, 1.82) is 0 Å². The number of benzene rings is 1. The average molecular weight is 338 g/mol. The predicted molar refractivity (Wildman–Crippen MR) is 91.9 cm³/mol. The first-order valence-corrected chi connectivity index (χ1v) is 9.99. The highest BCUT2D eigenvalue weighted by Crippen LogP contribution is 2.16. The summed E-state index contributed by atoms with van der Waals surface area (Å²) in [7, 11) is -3.33. The zero-order valence-electron chi connectivity index (χ0n) is 14.1. The minimum absolute atomic E-state index is 0.0693. The molecule has 23 heavy (non-hydrogen) atoms. The van der Waals surface area contributed by atoms with Crippen LogP contribution in [0.2, 0.25) is 0 Å². The molecular weight excluding hydrogens is 312 g/mol. The number of likely N-dealkylation sites (tertiary alicyclic amines) is 1. The monoisotopic (exact) mass is 338 g/mol. The van der Waals surface area contributed by atoms with Crippen molar-refractivity contribution in [2.24, 2.45) is 0 Å². The fourth-order valence-electron chi connectivity index (χ4n) is 2.78. The summed E-state index contributed by atoms with van der Waals surface area (Å²) in [6, 6.07) is 8.44. The van der Waals surface area contributed by atoms with Crippen LogP contribution in [-0.2, 0) is 21.2 Å². The molecule has 1 unspecified atom stereocenters. The molecule has 5 nitrogen and oxygen atoms in total. The molecule has 0 aliphatic carbocycles. The van der Waals surface area contributed by atoms with E-state index in [0.717, 1.165) is 38.7 Å². The summed E-state index contributed by atoms with van der Waals surface area (Å²) in [6.07, 6.45) is 2.81. The van der Waals surface area contributed by atoms with E-state index >= 15 is 0 Å². The number of aryl methyl sites for hydroxylation is 1. The van der Waals surface area contributed by atoms with Crippen molar-refractivity contribution in [3.8, 4) is 0 Å². The van der Waals surface area contributed by atoms with Gasteiger partial charge in [-0.1, -0.05) is 24.3 Å². The van der Waals surface area contributed by atoms with Gasteiger partial charge >= 0.3 is 0 Å². The van der Waals surface area contributed by atoms with Crippen molar-refractivity contribution in [2.45, 2.75) is 44.5 Å². The van der Waals surface area contributed by atoms with Gasteiger partial charge in [0.1, 0.15) is 5.25 Å². The van der Waals surface area contributed by atoms with Crippen LogP contribution in [0.5, 0.6) is 0 Å². The molecule has 0 bridgehead atoms. The minimum atomic E-state index is -3.33. The van der Waals surface area contributed by atoms with Crippen molar-refractivity contribution in [3.63, 3.8) is 0 Å². The second kappa shape index (κ2) is 7.45. The molecule has 1 heterocycles. The molecule has 128 valence electrons. The Morgan fingerprint density at radius 3 is 2.48 bits per heavy atom.